The zero-order valence-electron chi connectivity index (χ0n) is 12.1. The quantitative estimate of drug-likeness (QED) is 0.929. The van der Waals surface area contributed by atoms with Crippen LogP contribution in [0.5, 0.6) is 5.75 Å². The van der Waals surface area contributed by atoms with Crippen LogP contribution < -0.4 is 10.5 Å². The minimum Gasteiger partial charge on any atom is -0.495 e. The molecule has 1 fully saturated rings. The fourth-order valence-electron chi connectivity index (χ4n) is 2.77. The first-order valence-corrected chi connectivity index (χ1v) is 7.27. The zero-order valence-corrected chi connectivity index (χ0v) is 12.9. The largest absolute Gasteiger partial charge is 0.495 e. The summed E-state index contributed by atoms with van der Waals surface area (Å²) in [5, 5.41) is 0.542. The number of likely N-dealkylation sites (tertiary alicyclic amines) is 1. The summed E-state index contributed by atoms with van der Waals surface area (Å²) in [6.45, 7) is 4.12. The number of rotatable bonds is 4. The molecule has 1 aliphatic rings. The second-order valence-corrected chi connectivity index (χ2v) is 5.67. The molecule has 3 unspecified atom stereocenters. The topological polar surface area (TPSA) is 55.6 Å². The normalized spacial score (nSPS) is 24.1. The number of nitrogens with zero attached hydrogens (tertiary/aromatic N) is 1. The highest BCUT2D eigenvalue weighted by molar-refractivity contribution is 6.32. The van der Waals surface area contributed by atoms with Gasteiger partial charge in [0.05, 0.1) is 18.2 Å². The second kappa shape index (κ2) is 6.02. The molecule has 0 radical (unpaired) electrons. The van der Waals surface area contributed by atoms with Crippen LogP contribution in [0.15, 0.2) is 18.2 Å². The highest BCUT2D eigenvalue weighted by Gasteiger charge is 2.40. The molecule has 2 rings (SSSR count). The highest BCUT2D eigenvalue weighted by atomic mass is 35.5. The molecule has 1 aromatic carbocycles. The second-order valence-electron chi connectivity index (χ2n) is 5.27. The number of methoxy groups -OCH3 is 1. The van der Waals surface area contributed by atoms with Crippen LogP contribution in [0, 0.1) is 0 Å². The van der Waals surface area contributed by atoms with E-state index in [1.807, 2.05) is 30.0 Å². The smallest absolute Gasteiger partial charge is 0.225 e. The summed E-state index contributed by atoms with van der Waals surface area (Å²) in [7, 11) is 1.58. The lowest BCUT2D eigenvalue weighted by molar-refractivity contribution is -0.131. The van der Waals surface area contributed by atoms with Crippen LogP contribution in [-0.2, 0) is 4.79 Å². The molecule has 2 N–H and O–H groups in total. The van der Waals surface area contributed by atoms with Gasteiger partial charge in [-0.25, -0.2) is 0 Å². The van der Waals surface area contributed by atoms with Gasteiger partial charge >= 0.3 is 0 Å². The Hall–Kier alpha value is -1.26. The summed E-state index contributed by atoms with van der Waals surface area (Å²) >= 11 is 6.18. The van der Waals surface area contributed by atoms with Crippen LogP contribution in [0.25, 0.3) is 0 Å². The molecule has 1 saturated heterocycles. The Kier molecular flexibility index (Phi) is 4.55. The standard InChI is InChI=1S/C15H21ClN2O2/c1-4-9(2)18-14(19)8-12(17)15(18)10-5-6-13(20-3)11(16)7-10/h5-7,9,12,15H,4,8,17H2,1-3H3. The van der Waals surface area contributed by atoms with E-state index >= 15 is 0 Å². The van der Waals surface area contributed by atoms with Gasteiger partial charge in [0.2, 0.25) is 5.91 Å². The van der Waals surface area contributed by atoms with Crippen molar-refractivity contribution >= 4 is 17.5 Å². The number of amides is 1. The number of benzene rings is 1. The summed E-state index contributed by atoms with van der Waals surface area (Å²) < 4.78 is 5.16. The van der Waals surface area contributed by atoms with Crippen molar-refractivity contribution in [3.63, 3.8) is 0 Å². The molecule has 110 valence electrons. The van der Waals surface area contributed by atoms with Gasteiger partial charge in [-0.1, -0.05) is 24.6 Å². The van der Waals surface area contributed by atoms with E-state index < -0.39 is 0 Å². The number of halogens is 1. The number of hydrogen-bond donors (Lipinski definition) is 1. The van der Waals surface area contributed by atoms with Crippen molar-refractivity contribution in [3.05, 3.63) is 28.8 Å². The van der Waals surface area contributed by atoms with Gasteiger partial charge in [-0.05, 0) is 31.0 Å². The van der Waals surface area contributed by atoms with Crippen molar-refractivity contribution in [1.82, 2.24) is 4.90 Å². The summed E-state index contributed by atoms with van der Waals surface area (Å²) in [6.07, 6.45) is 1.29. The number of carbonyl (C=O) groups is 1. The van der Waals surface area contributed by atoms with Gasteiger partial charge in [-0.3, -0.25) is 4.79 Å². The number of carbonyl (C=O) groups excluding carboxylic acids is 1. The average Bonchev–Trinajstić information content (AvgIpc) is 2.72. The van der Waals surface area contributed by atoms with E-state index in [2.05, 4.69) is 6.92 Å². The van der Waals surface area contributed by atoms with Gasteiger partial charge in [0.15, 0.2) is 0 Å². The van der Waals surface area contributed by atoms with Crippen LogP contribution in [0.1, 0.15) is 38.3 Å². The summed E-state index contributed by atoms with van der Waals surface area (Å²) in [5.74, 6) is 0.743. The van der Waals surface area contributed by atoms with E-state index in [4.69, 9.17) is 22.1 Å². The molecule has 1 aliphatic heterocycles. The minimum absolute atomic E-state index is 0.110. The van der Waals surface area contributed by atoms with Gasteiger partial charge < -0.3 is 15.4 Å². The summed E-state index contributed by atoms with van der Waals surface area (Å²) in [5.41, 5.74) is 7.14. The Morgan fingerprint density at radius 2 is 2.25 bits per heavy atom. The third-order valence-electron chi connectivity index (χ3n) is 3.99. The average molecular weight is 297 g/mol. The Balaban J connectivity index is 2.37. The fraction of sp³-hybridized carbons (Fsp3) is 0.533. The molecule has 1 aromatic rings. The number of ether oxygens (including phenoxy) is 1. The minimum atomic E-state index is -0.194. The van der Waals surface area contributed by atoms with Crippen LogP contribution in [-0.4, -0.2) is 30.0 Å². The number of hydrogen-bond acceptors (Lipinski definition) is 3. The summed E-state index contributed by atoms with van der Waals surface area (Å²) in [6, 6.07) is 5.47. The maximum Gasteiger partial charge on any atom is 0.225 e. The molecule has 3 atom stereocenters. The molecule has 0 bridgehead atoms. The van der Waals surface area contributed by atoms with E-state index in [0.29, 0.717) is 17.2 Å². The van der Waals surface area contributed by atoms with Crippen LogP contribution in [0.2, 0.25) is 5.02 Å². The van der Waals surface area contributed by atoms with E-state index in [1.54, 1.807) is 7.11 Å². The molecule has 20 heavy (non-hydrogen) atoms. The van der Waals surface area contributed by atoms with Gasteiger partial charge in [-0.2, -0.15) is 0 Å². The van der Waals surface area contributed by atoms with Crippen molar-refractivity contribution in [1.29, 1.82) is 0 Å². The molecule has 1 heterocycles. The van der Waals surface area contributed by atoms with Gasteiger partial charge in [-0.15, -0.1) is 0 Å². The Labute approximate surface area is 124 Å². The predicted octanol–water partition coefficient (Wildman–Crippen LogP) is 2.75. The lowest BCUT2D eigenvalue weighted by Gasteiger charge is -2.32. The zero-order chi connectivity index (χ0) is 14.9. The predicted molar refractivity (Wildman–Crippen MR) is 79.9 cm³/mol. The van der Waals surface area contributed by atoms with Crippen LogP contribution in [0.4, 0.5) is 0 Å². The van der Waals surface area contributed by atoms with Gasteiger partial charge in [0.1, 0.15) is 5.75 Å². The van der Waals surface area contributed by atoms with Gasteiger partial charge in [0.25, 0.3) is 0 Å². The van der Waals surface area contributed by atoms with Gasteiger partial charge in [0, 0.05) is 18.5 Å². The van der Waals surface area contributed by atoms with E-state index in [0.717, 1.165) is 12.0 Å². The first-order chi connectivity index (χ1) is 9.49. The van der Waals surface area contributed by atoms with Crippen molar-refractivity contribution in [2.75, 3.05) is 7.11 Å². The Morgan fingerprint density at radius 1 is 1.55 bits per heavy atom. The fourth-order valence-corrected chi connectivity index (χ4v) is 3.04. The van der Waals surface area contributed by atoms with Crippen molar-refractivity contribution < 1.29 is 9.53 Å². The van der Waals surface area contributed by atoms with E-state index in [1.165, 1.54) is 0 Å². The lowest BCUT2D eigenvalue weighted by Crippen LogP contribution is -2.38. The monoisotopic (exact) mass is 296 g/mol. The van der Waals surface area contributed by atoms with Crippen molar-refractivity contribution in [2.45, 2.75) is 44.8 Å². The molecule has 0 aliphatic carbocycles. The molecule has 5 heteroatoms. The Bertz CT molecular complexity index is 507. The van der Waals surface area contributed by atoms with Crippen LogP contribution in [0.3, 0.4) is 0 Å². The summed E-state index contributed by atoms with van der Waals surface area (Å²) in [4.78, 5) is 14.1. The third-order valence-corrected chi connectivity index (χ3v) is 4.28. The van der Waals surface area contributed by atoms with Crippen LogP contribution >= 0.6 is 11.6 Å². The molecule has 0 saturated carbocycles. The molecule has 0 spiro atoms. The van der Waals surface area contributed by atoms with E-state index in [-0.39, 0.29) is 24.0 Å². The SMILES string of the molecule is CCC(C)N1C(=O)CC(N)C1c1ccc(OC)c(Cl)c1. The first-order valence-electron chi connectivity index (χ1n) is 6.89. The molecule has 0 aromatic heterocycles. The third kappa shape index (κ3) is 2.63. The Morgan fingerprint density at radius 3 is 2.80 bits per heavy atom. The maximum atomic E-state index is 12.2. The molecular formula is C15H21ClN2O2. The maximum absolute atomic E-state index is 12.2. The lowest BCUT2D eigenvalue weighted by atomic mass is 9.99. The molecule has 1 amide bonds. The van der Waals surface area contributed by atoms with E-state index in [9.17, 15) is 4.79 Å². The highest BCUT2D eigenvalue weighted by Crippen LogP contribution is 2.37. The van der Waals surface area contributed by atoms with Crippen molar-refractivity contribution in [3.8, 4) is 5.75 Å². The molecular weight excluding hydrogens is 276 g/mol. The van der Waals surface area contributed by atoms with Crippen molar-refractivity contribution in [2.24, 2.45) is 5.73 Å². The molecule has 4 nitrogen and oxygen atoms in total. The number of nitrogens with two attached hydrogens (primary N) is 1. The first kappa shape index (κ1) is 15.1.